The lowest BCUT2D eigenvalue weighted by molar-refractivity contribution is -0.143. The molecular formula is C25H26N2O5. The lowest BCUT2D eigenvalue weighted by Gasteiger charge is -2.20. The van der Waals surface area contributed by atoms with Crippen molar-refractivity contribution in [3.05, 3.63) is 59.7 Å². The summed E-state index contributed by atoms with van der Waals surface area (Å²) in [4.78, 5) is 36.3. The van der Waals surface area contributed by atoms with Crippen molar-refractivity contribution in [2.45, 2.75) is 44.2 Å². The van der Waals surface area contributed by atoms with Crippen LogP contribution >= 0.6 is 0 Å². The zero-order chi connectivity index (χ0) is 22.5. The molecule has 3 N–H and O–H groups in total. The van der Waals surface area contributed by atoms with Gasteiger partial charge in [0.15, 0.2) is 0 Å². The average Bonchev–Trinajstić information content (AvgIpc) is 3.21. The molecule has 2 saturated carbocycles. The van der Waals surface area contributed by atoms with Gasteiger partial charge in [0.25, 0.3) is 0 Å². The predicted molar refractivity (Wildman–Crippen MR) is 117 cm³/mol. The van der Waals surface area contributed by atoms with Crippen LogP contribution in [0.25, 0.3) is 11.1 Å². The van der Waals surface area contributed by atoms with Crippen LogP contribution in [0.2, 0.25) is 0 Å². The first-order valence-electron chi connectivity index (χ1n) is 11.0. The SMILES string of the molecule is CC(NC(=O)OCC1c2ccccc2-c2ccccc21)C(=O)N[C@@H]1C[C@H]2C[C@@]2(C(=O)O)C1. The number of nitrogens with one attached hydrogen (secondary N) is 2. The molecule has 0 aliphatic heterocycles. The van der Waals surface area contributed by atoms with Crippen molar-refractivity contribution in [2.75, 3.05) is 6.61 Å². The third-order valence-corrected chi connectivity index (χ3v) is 7.26. The number of carboxylic acids is 1. The van der Waals surface area contributed by atoms with Gasteiger partial charge in [0.2, 0.25) is 5.91 Å². The second kappa shape index (κ2) is 7.65. The first-order valence-corrected chi connectivity index (χ1v) is 11.0. The highest BCUT2D eigenvalue weighted by Crippen LogP contribution is 2.63. The second-order valence-electron chi connectivity index (χ2n) is 9.20. The van der Waals surface area contributed by atoms with Crippen molar-refractivity contribution < 1.29 is 24.2 Å². The standard InChI is InChI=1S/C25H26N2O5/c1-14(22(28)27-16-10-15-11-25(15,12-16)23(29)30)26-24(31)32-13-21-19-8-4-2-6-17(19)18-7-3-5-9-20(18)21/h2-9,14-16,21H,10-13H2,1H3,(H,26,31)(H,27,28)(H,29,30)/t14?,15-,16+,25+/m0/s1. The van der Waals surface area contributed by atoms with Crippen LogP contribution in [0, 0.1) is 11.3 Å². The summed E-state index contributed by atoms with van der Waals surface area (Å²) in [6.07, 6.45) is 1.18. The molecule has 2 amide bonds. The number of carbonyl (C=O) groups excluding carboxylic acids is 2. The van der Waals surface area contributed by atoms with Gasteiger partial charge in [-0.1, -0.05) is 48.5 Å². The van der Waals surface area contributed by atoms with E-state index in [1.54, 1.807) is 6.92 Å². The highest BCUT2D eigenvalue weighted by Gasteiger charge is 2.65. The van der Waals surface area contributed by atoms with E-state index in [2.05, 4.69) is 22.8 Å². The third kappa shape index (κ3) is 3.42. The molecule has 4 atom stereocenters. The number of hydrogen-bond acceptors (Lipinski definition) is 4. The van der Waals surface area contributed by atoms with E-state index in [4.69, 9.17) is 4.74 Å². The Bertz CT molecular complexity index is 1050. The Hall–Kier alpha value is -3.35. The van der Waals surface area contributed by atoms with E-state index in [1.165, 1.54) is 0 Å². The van der Waals surface area contributed by atoms with Gasteiger partial charge in [0.1, 0.15) is 12.6 Å². The van der Waals surface area contributed by atoms with Crippen molar-refractivity contribution in [3.63, 3.8) is 0 Å². The van der Waals surface area contributed by atoms with Crippen LogP contribution in [0.3, 0.4) is 0 Å². The van der Waals surface area contributed by atoms with Crippen LogP contribution in [0.5, 0.6) is 0 Å². The number of carboxylic acid groups (broad SMARTS) is 1. The summed E-state index contributed by atoms with van der Waals surface area (Å²) in [5.74, 6) is -1.00. The topological polar surface area (TPSA) is 105 Å². The smallest absolute Gasteiger partial charge is 0.407 e. The van der Waals surface area contributed by atoms with Crippen LogP contribution in [0.15, 0.2) is 48.5 Å². The summed E-state index contributed by atoms with van der Waals surface area (Å²) >= 11 is 0. The number of aliphatic carboxylic acids is 1. The van der Waals surface area contributed by atoms with Gasteiger partial charge >= 0.3 is 12.1 Å². The minimum absolute atomic E-state index is 0.0466. The summed E-state index contributed by atoms with van der Waals surface area (Å²) in [6, 6.07) is 15.3. The molecule has 2 fully saturated rings. The minimum Gasteiger partial charge on any atom is -0.481 e. The van der Waals surface area contributed by atoms with Gasteiger partial charge in [0.05, 0.1) is 5.41 Å². The predicted octanol–water partition coefficient (Wildman–Crippen LogP) is 3.28. The Labute approximate surface area is 186 Å². The lowest BCUT2D eigenvalue weighted by Crippen LogP contribution is -2.48. The zero-order valence-electron chi connectivity index (χ0n) is 17.8. The third-order valence-electron chi connectivity index (χ3n) is 7.26. The Morgan fingerprint density at radius 2 is 1.69 bits per heavy atom. The number of amides is 2. The molecule has 2 aromatic rings. The summed E-state index contributed by atoms with van der Waals surface area (Å²) in [5, 5.41) is 14.8. The highest BCUT2D eigenvalue weighted by atomic mass is 16.5. The molecule has 3 aliphatic rings. The minimum atomic E-state index is -0.775. The van der Waals surface area contributed by atoms with Gasteiger partial charge in [-0.15, -0.1) is 0 Å². The molecule has 5 rings (SSSR count). The van der Waals surface area contributed by atoms with Crippen LogP contribution in [0.1, 0.15) is 43.2 Å². The first kappa shape index (κ1) is 20.5. The molecule has 32 heavy (non-hydrogen) atoms. The molecular weight excluding hydrogens is 408 g/mol. The van der Waals surface area contributed by atoms with Crippen LogP contribution in [-0.2, 0) is 14.3 Å². The van der Waals surface area contributed by atoms with Crippen LogP contribution < -0.4 is 10.6 Å². The molecule has 0 aromatic heterocycles. The van der Waals surface area contributed by atoms with Crippen LogP contribution in [-0.4, -0.2) is 41.8 Å². The van der Waals surface area contributed by atoms with E-state index in [0.29, 0.717) is 19.3 Å². The fourth-order valence-electron chi connectivity index (χ4n) is 5.47. The molecule has 1 unspecified atom stereocenters. The first-order chi connectivity index (χ1) is 15.4. The van der Waals surface area contributed by atoms with Crippen LogP contribution in [0.4, 0.5) is 4.79 Å². The van der Waals surface area contributed by atoms with Gasteiger partial charge in [-0.25, -0.2) is 4.79 Å². The average molecular weight is 434 g/mol. The van der Waals surface area contributed by atoms with Gasteiger partial charge in [-0.3, -0.25) is 9.59 Å². The van der Waals surface area contributed by atoms with Crippen molar-refractivity contribution in [3.8, 4) is 11.1 Å². The van der Waals surface area contributed by atoms with Gasteiger partial charge in [-0.05, 0) is 54.4 Å². The number of hydrogen-bond donors (Lipinski definition) is 3. The zero-order valence-corrected chi connectivity index (χ0v) is 17.8. The van der Waals surface area contributed by atoms with Gasteiger partial charge in [-0.2, -0.15) is 0 Å². The summed E-state index contributed by atoms with van der Waals surface area (Å²) in [7, 11) is 0. The molecule has 0 heterocycles. The van der Waals surface area contributed by atoms with Crippen molar-refractivity contribution in [1.82, 2.24) is 10.6 Å². The largest absolute Gasteiger partial charge is 0.481 e. The van der Waals surface area contributed by atoms with Gasteiger partial charge < -0.3 is 20.5 Å². The Balaban J connectivity index is 1.15. The summed E-state index contributed by atoms with van der Waals surface area (Å²) in [6.45, 7) is 1.78. The maximum absolute atomic E-state index is 12.5. The van der Waals surface area contributed by atoms with E-state index >= 15 is 0 Å². The summed E-state index contributed by atoms with van der Waals surface area (Å²) < 4.78 is 5.49. The Kier molecular flexibility index (Phi) is 4.92. The van der Waals surface area contributed by atoms with E-state index < -0.39 is 23.5 Å². The normalized spacial score (nSPS) is 25.8. The number of ether oxygens (including phenoxy) is 1. The molecule has 7 heteroatoms. The number of alkyl carbamates (subject to hydrolysis) is 1. The molecule has 0 bridgehead atoms. The number of benzene rings is 2. The molecule has 0 radical (unpaired) electrons. The number of rotatable bonds is 6. The Morgan fingerprint density at radius 3 is 2.28 bits per heavy atom. The van der Waals surface area contributed by atoms with E-state index in [-0.39, 0.29) is 30.4 Å². The molecule has 2 aromatic carbocycles. The van der Waals surface area contributed by atoms with Gasteiger partial charge in [0, 0.05) is 12.0 Å². The molecule has 0 spiro atoms. The summed E-state index contributed by atoms with van der Waals surface area (Å²) in [5.41, 5.74) is 3.90. The van der Waals surface area contributed by atoms with E-state index in [9.17, 15) is 19.5 Å². The molecule has 166 valence electrons. The maximum atomic E-state index is 12.5. The highest BCUT2D eigenvalue weighted by molar-refractivity contribution is 5.86. The second-order valence-corrected chi connectivity index (χ2v) is 9.20. The molecule has 0 saturated heterocycles. The molecule has 3 aliphatic carbocycles. The maximum Gasteiger partial charge on any atom is 0.407 e. The Morgan fingerprint density at radius 1 is 1.06 bits per heavy atom. The quantitative estimate of drug-likeness (QED) is 0.647. The fraction of sp³-hybridized carbons (Fsp3) is 0.400. The lowest BCUT2D eigenvalue weighted by atomic mass is 9.98. The molecule has 7 nitrogen and oxygen atoms in total. The number of fused-ring (bicyclic) bond motifs is 4. The van der Waals surface area contributed by atoms with Crippen molar-refractivity contribution in [1.29, 1.82) is 0 Å². The van der Waals surface area contributed by atoms with Crippen molar-refractivity contribution in [2.24, 2.45) is 11.3 Å². The number of carbonyl (C=O) groups is 3. The van der Waals surface area contributed by atoms with E-state index in [1.807, 2.05) is 36.4 Å². The fourth-order valence-corrected chi connectivity index (χ4v) is 5.47. The van der Waals surface area contributed by atoms with Crippen molar-refractivity contribution >= 4 is 18.0 Å². The van der Waals surface area contributed by atoms with E-state index in [0.717, 1.165) is 22.3 Å². The monoisotopic (exact) mass is 434 g/mol.